The summed E-state index contributed by atoms with van der Waals surface area (Å²) in [4.78, 5) is 5.21. The molecule has 0 aliphatic carbocycles. The maximum absolute atomic E-state index is 5.17. The van der Waals surface area contributed by atoms with Crippen molar-refractivity contribution in [1.29, 1.82) is 0 Å². The number of nitrogens with one attached hydrogen (secondary N) is 2. The summed E-state index contributed by atoms with van der Waals surface area (Å²) in [5.74, 6) is 0. The van der Waals surface area contributed by atoms with Crippen molar-refractivity contribution in [1.82, 2.24) is 15.2 Å². The van der Waals surface area contributed by atoms with Gasteiger partial charge in [-0.15, -0.1) is 0 Å². The fourth-order valence-corrected chi connectivity index (χ4v) is 2.37. The lowest BCUT2D eigenvalue weighted by atomic mass is 10.2. The first kappa shape index (κ1) is 13.9. The first-order valence-electron chi connectivity index (χ1n) is 6.20. The van der Waals surface area contributed by atoms with Crippen LogP contribution in [-0.2, 0) is 4.74 Å². The van der Waals surface area contributed by atoms with E-state index in [1.807, 2.05) is 0 Å². The zero-order valence-corrected chi connectivity index (χ0v) is 11.9. The van der Waals surface area contributed by atoms with Crippen LogP contribution in [0.3, 0.4) is 0 Å². The lowest BCUT2D eigenvalue weighted by molar-refractivity contribution is 0.184. The van der Waals surface area contributed by atoms with Gasteiger partial charge in [-0.25, -0.2) is 4.98 Å². The van der Waals surface area contributed by atoms with Crippen molar-refractivity contribution in [3.63, 3.8) is 0 Å². The molecule has 0 aliphatic heterocycles. The molecule has 0 bridgehead atoms. The second kappa shape index (κ2) is 7.16. The van der Waals surface area contributed by atoms with Gasteiger partial charge in [0.1, 0.15) is 6.33 Å². The molecule has 6 heteroatoms. The van der Waals surface area contributed by atoms with Crippen molar-refractivity contribution in [3.8, 4) is 0 Å². The predicted octanol–water partition coefficient (Wildman–Crippen LogP) is 2.79. The van der Waals surface area contributed by atoms with Gasteiger partial charge >= 0.3 is 0 Å². The average molecular weight is 278 g/mol. The molecule has 0 saturated carbocycles. The summed E-state index contributed by atoms with van der Waals surface area (Å²) in [6.07, 6.45) is 2.54. The predicted molar refractivity (Wildman–Crippen MR) is 76.5 cm³/mol. The van der Waals surface area contributed by atoms with Gasteiger partial charge in [-0.05, 0) is 30.7 Å². The molecule has 0 amide bonds. The van der Waals surface area contributed by atoms with E-state index >= 15 is 0 Å². The molecule has 0 radical (unpaired) electrons. The van der Waals surface area contributed by atoms with Gasteiger partial charge in [0.15, 0.2) is 5.16 Å². The highest BCUT2D eigenvalue weighted by Gasteiger charge is 2.05. The molecule has 0 aliphatic rings. The molecule has 1 aromatic carbocycles. The summed E-state index contributed by atoms with van der Waals surface area (Å²) in [5.41, 5.74) is 1.10. The van der Waals surface area contributed by atoms with Crippen molar-refractivity contribution in [2.24, 2.45) is 0 Å². The van der Waals surface area contributed by atoms with E-state index in [0.29, 0.717) is 12.6 Å². The quantitative estimate of drug-likeness (QED) is 0.815. The molecule has 5 nitrogen and oxygen atoms in total. The fourth-order valence-electron chi connectivity index (χ4n) is 1.67. The molecule has 19 heavy (non-hydrogen) atoms. The second-order valence-electron chi connectivity index (χ2n) is 4.12. The van der Waals surface area contributed by atoms with Gasteiger partial charge < -0.3 is 10.1 Å². The second-order valence-corrected chi connectivity index (χ2v) is 5.18. The Bertz CT molecular complexity index is 472. The third kappa shape index (κ3) is 4.25. The molecule has 0 fully saturated rings. The van der Waals surface area contributed by atoms with Crippen LogP contribution in [0, 0.1) is 0 Å². The van der Waals surface area contributed by atoms with Crippen molar-refractivity contribution >= 4 is 17.4 Å². The molecule has 1 atom stereocenters. The number of benzene rings is 1. The highest BCUT2D eigenvalue weighted by Crippen LogP contribution is 2.25. The minimum absolute atomic E-state index is 0.345. The minimum atomic E-state index is 0.345. The highest BCUT2D eigenvalue weighted by molar-refractivity contribution is 7.99. The molecular formula is C13H18N4OS. The van der Waals surface area contributed by atoms with Crippen LogP contribution in [0.25, 0.3) is 0 Å². The van der Waals surface area contributed by atoms with Gasteiger partial charge in [0.25, 0.3) is 0 Å². The number of rotatable bonds is 7. The number of methoxy groups -OCH3 is 1. The van der Waals surface area contributed by atoms with Crippen LogP contribution in [-0.4, -0.2) is 34.9 Å². The Morgan fingerprint density at radius 3 is 2.74 bits per heavy atom. The van der Waals surface area contributed by atoms with Crippen LogP contribution in [0.15, 0.2) is 40.6 Å². The van der Waals surface area contributed by atoms with Crippen LogP contribution in [0.4, 0.5) is 5.69 Å². The summed E-state index contributed by atoms with van der Waals surface area (Å²) in [7, 11) is 1.72. The van der Waals surface area contributed by atoms with E-state index < -0.39 is 0 Å². The number of anilines is 1. The van der Waals surface area contributed by atoms with Crippen molar-refractivity contribution in [2.45, 2.75) is 29.4 Å². The molecule has 2 N–H and O–H groups in total. The van der Waals surface area contributed by atoms with Crippen molar-refractivity contribution in [3.05, 3.63) is 30.6 Å². The van der Waals surface area contributed by atoms with E-state index in [1.54, 1.807) is 18.9 Å². The Hall–Kier alpha value is -1.53. The van der Waals surface area contributed by atoms with Gasteiger partial charge in [-0.2, -0.15) is 5.10 Å². The smallest absolute Gasteiger partial charge is 0.188 e. The normalized spacial score (nSPS) is 12.3. The van der Waals surface area contributed by atoms with Crippen LogP contribution >= 0.6 is 11.8 Å². The molecule has 2 rings (SSSR count). The monoisotopic (exact) mass is 278 g/mol. The van der Waals surface area contributed by atoms with Gasteiger partial charge in [0.2, 0.25) is 0 Å². The number of aromatic amines is 1. The highest BCUT2D eigenvalue weighted by atomic mass is 32.2. The topological polar surface area (TPSA) is 62.8 Å². The number of nitrogens with zero attached hydrogens (tertiary/aromatic N) is 2. The zero-order valence-electron chi connectivity index (χ0n) is 11.1. The third-order valence-corrected chi connectivity index (χ3v) is 3.59. The number of aromatic nitrogens is 3. The Balaban J connectivity index is 1.94. The van der Waals surface area contributed by atoms with Crippen LogP contribution in [0.2, 0.25) is 0 Å². The Morgan fingerprint density at radius 1 is 1.37 bits per heavy atom. The third-order valence-electron chi connectivity index (χ3n) is 2.69. The number of H-pyrrole nitrogens is 1. The molecule has 1 unspecified atom stereocenters. The fraction of sp³-hybridized carbons (Fsp3) is 0.385. The van der Waals surface area contributed by atoms with Crippen molar-refractivity contribution in [2.75, 3.05) is 19.0 Å². The minimum Gasteiger partial charge on any atom is -0.383 e. The summed E-state index contributed by atoms with van der Waals surface area (Å²) in [5, 5.41) is 10.9. The summed E-state index contributed by atoms with van der Waals surface area (Å²) >= 11 is 1.56. The van der Waals surface area contributed by atoms with Crippen LogP contribution < -0.4 is 5.32 Å². The van der Waals surface area contributed by atoms with Gasteiger partial charge in [0, 0.05) is 23.7 Å². The summed E-state index contributed by atoms with van der Waals surface area (Å²) < 4.78 is 5.17. The Labute approximate surface area is 117 Å². The summed E-state index contributed by atoms with van der Waals surface area (Å²) in [6.45, 7) is 2.86. The SMILES string of the molecule is CCC(COC)Nc1ccc(Sc2ncn[nH]2)cc1. The molecule has 0 spiro atoms. The van der Waals surface area contributed by atoms with E-state index in [0.717, 1.165) is 22.2 Å². The number of hydrogen-bond donors (Lipinski definition) is 2. The molecule has 1 heterocycles. The van der Waals surface area contributed by atoms with Gasteiger partial charge in [-0.3, -0.25) is 5.10 Å². The van der Waals surface area contributed by atoms with Gasteiger partial charge in [0.05, 0.1) is 6.61 Å². The maximum Gasteiger partial charge on any atom is 0.188 e. The molecule has 0 saturated heterocycles. The molecular weight excluding hydrogens is 260 g/mol. The van der Waals surface area contributed by atoms with E-state index in [1.165, 1.54) is 6.33 Å². The molecule has 1 aromatic heterocycles. The first-order valence-corrected chi connectivity index (χ1v) is 7.02. The Kier molecular flexibility index (Phi) is 5.23. The first-order chi connectivity index (χ1) is 9.31. The van der Waals surface area contributed by atoms with Crippen LogP contribution in [0.5, 0.6) is 0 Å². The maximum atomic E-state index is 5.17. The standard InChI is InChI=1S/C13H18N4OS/c1-3-10(8-18-2)16-11-4-6-12(7-5-11)19-13-14-9-15-17-13/h4-7,9-10,16H,3,8H2,1-2H3,(H,14,15,17). The van der Waals surface area contributed by atoms with E-state index in [9.17, 15) is 0 Å². The van der Waals surface area contributed by atoms with E-state index in [4.69, 9.17) is 4.74 Å². The summed E-state index contributed by atoms with van der Waals surface area (Å²) in [6, 6.07) is 8.61. The zero-order chi connectivity index (χ0) is 13.5. The molecule has 2 aromatic rings. The van der Waals surface area contributed by atoms with E-state index in [2.05, 4.69) is 51.7 Å². The number of ether oxygens (including phenoxy) is 1. The molecule has 102 valence electrons. The largest absolute Gasteiger partial charge is 0.383 e. The van der Waals surface area contributed by atoms with Gasteiger partial charge in [-0.1, -0.05) is 18.7 Å². The van der Waals surface area contributed by atoms with Crippen molar-refractivity contribution < 1.29 is 4.74 Å². The van der Waals surface area contributed by atoms with E-state index in [-0.39, 0.29) is 0 Å². The average Bonchev–Trinajstić information content (AvgIpc) is 2.93. The Morgan fingerprint density at radius 2 is 2.16 bits per heavy atom. The lowest BCUT2D eigenvalue weighted by Gasteiger charge is -2.17. The lowest BCUT2D eigenvalue weighted by Crippen LogP contribution is -2.23. The number of hydrogen-bond acceptors (Lipinski definition) is 5. The van der Waals surface area contributed by atoms with Crippen LogP contribution in [0.1, 0.15) is 13.3 Å².